The number of carbonyl (C=O) groups excluding carboxylic acids is 1. The Hall–Kier alpha value is -2.63. The van der Waals surface area contributed by atoms with Crippen molar-refractivity contribution in [1.82, 2.24) is 14.9 Å². The highest BCUT2D eigenvalue weighted by Gasteiger charge is 2.22. The molecule has 1 saturated heterocycles. The highest BCUT2D eigenvalue weighted by molar-refractivity contribution is 5.88. The molecule has 0 bridgehead atoms. The van der Waals surface area contributed by atoms with Crippen molar-refractivity contribution in [2.75, 3.05) is 36.4 Å². The van der Waals surface area contributed by atoms with Gasteiger partial charge in [0.05, 0.1) is 0 Å². The van der Waals surface area contributed by atoms with E-state index in [1.807, 2.05) is 42.4 Å². The predicted molar refractivity (Wildman–Crippen MR) is 100 cm³/mol. The summed E-state index contributed by atoms with van der Waals surface area (Å²) in [6, 6.07) is 7.87. The Bertz CT molecular complexity index is 704. The number of nitrogens with one attached hydrogen (secondary N) is 1. The van der Waals surface area contributed by atoms with Gasteiger partial charge in [0.2, 0.25) is 0 Å². The number of amides is 2. The number of anilines is 2. The maximum absolute atomic E-state index is 12.4. The maximum Gasteiger partial charge on any atom is 0.323 e. The van der Waals surface area contributed by atoms with Gasteiger partial charge in [-0.3, -0.25) is 5.32 Å². The molecule has 1 fully saturated rings. The van der Waals surface area contributed by atoms with Crippen molar-refractivity contribution in [2.24, 2.45) is 0 Å². The summed E-state index contributed by atoms with van der Waals surface area (Å²) < 4.78 is 0. The minimum absolute atomic E-state index is 0.0960. The minimum Gasteiger partial charge on any atom is -0.353 e. The fourth-order valence-corrected chi connectivity index (χ4v) is 2.80. The first-order valence-electron chi connectivity index (χ1n) is 8.72. The first-order valence-corrected chi connectivity index (χ1v) is 8.72. The van der Waals surface area contributed by atoms with Crippen molar-refractivity contribution >= 4 is 17.7 Å². The van der Waals surface area contributed by atoms with Gasteiger partial charge >= 0.3 is 6.03 Å². The second-order valence-electron chi connectivity index (χ2n) is 6.73. The lowest BCUT2D eigenvalue weighted by Crippen LogP contribution is -2.50. The zero-order valence-corrected chi connectivity index (χ0v) is 15.1. The summed E-state index contributed by atoms with van der Waals surface area (Å²) in [6.45, 7) is 9.18. The van der Waals surface area contributed by atoms with E-state index in [9.17, 15) is 4.79 Å². The summed E-state index contributed by atoms with van der Waals surface area (Å²) >= 11 is 0. The Balaban J connectivity index is 1.53. The van der Waals surface area contributed by atoms with Crippen molar-refractivity contribution in [3.8, 4) is 0 Å². The largest absolute Gasteiger partial charge is 0.353 e. The quantitative estimate of drug-likeness (QED) is 0.932. The molecule has 6 nitrogen and oxygen atoms in total. The molecule has 2 aromatic rings. The third-order valence-corrected chi connectivity index (χ3v) is 4.47. The van der Waals surface area contributed by atoms with Crippen molar-refractivity contribution in [1.29, 1.82) is 0 Å². The number of carbonyl (C=O) groups is 1. The number of hydrogen-bond donors (Lipinski definition) is 1. The molecule has 0 radical (unpaired) electrons. The van der Waals surface area contributed by atoms with Crippen LogP contribution in [0.1, 0.15) is 30.9 Å². The van der Waals surface area contributed by atoms with Crippen LogP contribution in [0.2, 0.25) is 0 Å². The summed E-state index contributed by atoms with van der Waals surface area (Å²) in [4.78, 5) is 25.2. The molecule has 0 saturated carbocycles. The van der Waals surface area contributed by atoms with E-state index in [-0.39, 0.29) is 6.03 Å². The molecule has 2 amide bonds. The fraction of sp³-hybridized carbons (Fsp3) is 0.421. The molecular formula is C19H25N5O. The van der Waals surface area contributed by atoms with Crippen molar-refractivity contribution in [3.63, 3.8) is 0 Å². The van der Waals surface area contributed by atoms with E-state index < -0.39 is 0 Å². The average Bonchev–Trinajstić information content (AvgIpc) is 2.63. The van der Waals surface area contributed by atoms with Crippen LogP contribution in [0.5, 0.6) is 0 Å². The van der Waals surface area contributed by atoms with Gasteiger partial charge in [-0.1, -0.05) is 26.0 Å². The van der Waals surface area contributed by atoms with E-state index in [4.69, 9.17) is 0 Å². The maximum atomic E-state index is 12.4. The molecule has 2 aromatic heterocycles. The van der Waals surface area contributed by atoms with E-state index in [2.05, 4.69) is 40.1 Å². The molecular weight excluding hydrogens is 314 g/mol. The Morgan fingerprint density at radius 1 is 1.04 bits per heavy atom. The molecule has 0 aliphatic carbocycles. The topological polar surface area (TPSA) is 61.4 Å². The van der Waals surface area contributed by atoms with Crippen LogP contribution in [0.3, 0.4) is 0 Å². The van der Waals surface area contributed by atoms with Crippen LogP contribution in [-0.2, 0) is 0 Å². The van der Waals surface area contributed by atoms with Gasteiger partial charge in [0.25, 0.3) is 0 Å². The zero-order valence-electron chi connectivity index (χ0n) is 15.1. The number of urea groups is 1. The molecule has 3 rings (SSSR count). The highest BCUT2D eigenvalue weighted by atomic mass is 16.2. The Morgan fingerprint density at radius 3 is 2.36 bits per heavy atom. The van der Waals surface area contributed by atoms with E-state index in [0.29, 0.717) is 24.8 Å². The smallest absolute Gasteiger partial charge is 0.323 e. The van der Waals surface area contributed by atoms with Gasteiger partial charge in [0, 0.05) is 38.6 Å². The molecule has 0 unspecified atom stereocenters. The number of aryl methyl sites for hydroxylation is 1. The van der Waals surface area contributed by atoms with Crippen LogP contribution in [0.15, 0.2) is 36.7 Å². The fourth-order valence-electron chi connectivity index (χ4n) is 2.80. The van der Waals surface area contributed by atoms with Crippen molar-refractivity contribution in [2.45, 2.75) is 26.7 Å². The van der Waals surface area contributed by atoms with Gasteiger partial charge in [0.1, 0.15) is 11.6 Å². The van der Waals surface area contributed by atoms with Gasteiger partial charge in [-0.15, -0.1) is 0 Å². The SMILES string of the molecule is Cc1ccc(N2CCN(C(=O)Nc3ccc(C(C)C)cn3)CC2)nc1. The van der Waals surface area contributed by atoms with Gasteiger partial charge in [-0.25, -0.2) is 14.8 Å². The molecule has 132 valence electrons. The van der Waals surface area contributed by atoms with Gasteiger partial charge in [0.15, 0.2) is 0 Å². The van der Waals surface area contributed by atoms with E-state index in [1.54, 1.807) is 0 Å². The average molecular weight is 339 g/mol. The van der Waals surface area contributed by atoms with Gasteiger partial charge in [-0.05, 0) is 36.1 Å². The van der Waals surface area contributed by atoms with Gasteiger partial charge in [-0.2, -0.15) is 0 Å². The second kappa shape index (κ2) is 7.51. The van der Waals surface area contributed by atoms with Crippen LogP contribution >= 0.6 is 0 Å². The molecule has 3 heterocycles. The highest BCUT2D eigenvalue weighted by Crippen LogP contribution is 2.16. The molecule has 0 aromatic carbocycles. The lowest BCUT2D eigenvalue weighted by Gasteiger charge is -2.35. The first kappa shape index (κ1) is 17.2. The third kappa shape index (κ3) is 4.26. The Labute approximate surface area is 148 Å². The summed E-state index contributed by atoms with van der Waals surface area (Å²) in [7, 11) is 0. The normalized spacial score (nSPS) is 14.7. The van der Waals surface area contributed by atoms with Crippen LogP contribution in [-0.4, -0.2) is 47.1 Å². The number of rotatable bonds is 3. The monoisotopic (exact) mass is 339 g/mol. The van der Waals surface area contributed by atoms with Crippen molar-refractivity contribution in [3.05, 3.63) is 47.8 Å². The molecule has 1 N–H and O–H groups in total. The molecule has 1 aliphatic heterocycles. The Kier molecular flexibility index (Phi) is 5.16. The summed E-state index contributed by atoms with van der Waals surface area (Å²) in [6.07, 6.45) is 3.70. The van der Waals surface area contributed by atoms with E-state index in [0.717, 1.165) is 30.0 Å². The third-order valence-electron chi connectivity index (χ3n) is 4.47. The van der Waals surface area contributed by atoms with Crippen LogP contribution in [0.25, 0.3) is 0 Å². The lowest BCUT2D eigenvalue weighted by atomic mass is 10.1. The summed E-state index contributed by atoms with van der Waals surface area (Å²) in [5.74, 6) is 1.99. The predicted octanol–water partition coefficient (Wildman–Crippen LogP) is 3.26. The lowest BCUT2D eigenvalue weighted by molar-refractivity contribution is 0.208. The zero-order chi connectivity index (χ0) is 17.8. The second-order valence-corrected chi connectivity index (χ2v) is 6.73. The summed E-state index contributed by atoms with van der Waals surface area (Å²) in [5.41, 5.74) is 2.31. The molecule has 6 heteroatoms. The molecule has 25 heavy (non-hydrogen) atoms. The molecule has 0 atom stereocenters. The van der Waals surface area contributed by atoms with E-state index >= 15 is 0 Å². The number of nitrogens with zero attached hydrogens (tertiary/aromatic N) is 4. The first-order chi connectivity index (χ1) is 12.0. The van der Waals surface area contributed by atoms with Crippen LogP contribution < -0.4 is 10.2 Å². The van der Waals surface area contributed by atoms with Crippen LogP contribution in [0.4, 0.5) is 16.4 Å². The molecule has 1 aliphatic rings. The van der Waals surface area contributed by atoms with Gasteiger partial charge < -0.3 is 9.80 Å². The number of hydrogen-bond acceptors (Lipinski definition) is 4. The minimum atomic E-state index is -0.0960. The molecule has 0 spiro atoms. The van der Waals surface area contributed by atoms with Crippen molar-refractivity contribution < 1.29 is 4.79 Å². The number of aromatic nitrogens is 2. The Morgan fingerprint density at radius 2 is 1.80 bits per heavy atom. The summed E-state index contributed by atoms with van der Waals surface area (Å²) in [5, 5.41) is 2.88. The number of pyridine rings is 2. The van der Waals surface area contributed by atoms with Crippen LogP contribution in [0, 0.1) is 6.92 Å². The number of piperazine rings is 1. The standard InChI is InChI=1S/C19H25N5O/c1-14(2)16-5-6-17(20-13-16)22-19(25)24-10-8-23(9-11-24)18-7-4-15(3)12-21-18/h4-7,12-14H,8-11H2,1-3H3,(H,20,22,25). The van der Waals surface area contributed by atoms with E-state index in [1.165, 1.54) is 0 Å².